The van der Waals surface area contributed by atoms with Gasteiger partial charge in [-0.25, -0.2) is 0 Å². The number of carbonyl (C=O) groups excluding carboxylic acids is 3. The van der Waals surface area contributed by atoms with Crippen LogP contribution >= 0.6 is 0 Å². The highest BCUT2D eigenvalue weighted by Crippen LogP contribution is 2.54. The maximum atomic E-state index is 13.9. The minimum absolute atomic E-state index is 0.0266. The number of ether oxygens (including phenoxy) is 7. The number of benzene rings is 2. The molecule has 3 aliphatic heterocycles. The number of carbonyl (C=O) groups is 3. The molecule has 3 saturated heterocycles. The van der Waals surface area contributed by atoms with Crippen LogP contribution < -0.4 is 0 Å². The van der Waals surface area contributed by atoms with E-state index < -0.39 is 102 Å². The standard InChI is InChI=1S/C42H54N2O15/c1-8-42(51)17-28(33-22(35(42)41(50)53-7)14-23-34(38(33)49)37(48)32-21(36(23)47)10-9-11-26(32)45)57-30-15-25(44(5)6)39(19(3)55-30)59-31-16-27(46)40(20(4)56-31)58-29-13-12-24(43-52)18(2)54-29/h9-11,14,18-20,25,27-31,35,39-40,45-46,49,51-52H,8,12-13,15-17H2,1-7H3/b43-24-. The number of esters is 1. The van der Waals surface area contributed by atoms with Crippen LogP contribution in [0.3, 0.4) is 0 Å². The summed E-state index contributed by atoms with van der Waals surface area (Å²) in [7, 11) is 4.92. The molecule has 7 rings (SSSR count). The van der Waals surface area contributed by atoms with E-state index in [2.05, 4.69) is 5.16 Å². The molecule has 2 aromatic carbocycles. The Morgan fingerprint density at radius 3 is 2.24 bits per heavy atom. The lowest BCUT2D eigenvalue weighted by Gasteiger charge is -2.48. The number of aromatic hydroxyl groups is 2. The van der Waals surface area contributed by atoms with E-state index in [1.807, 2.05) is 25.9 Å². The number of nitrogens with zero attached hydrogens (tertiary/aromatic N) is 2. The van der Waals surface area contributed by atoms with Gasteiger partial charge in [0.1, 0.15) is 29.6 Å². The number of oxime groups is 1. The van der Waals surface area contributed by atoms with Crippen LogP contribution in [0.2, 0.25) is 0 Å². The first-order valence-electron chi connectivity index (χ1n) is 20.1. The second kappa shape index (κ2) is 16.8. The monoisotopic (exact) mass is 826 g/mol. The summed E-state index contributed by atoms with van der Waals surface area (Å²) in [5.74, 6) is -4.60. The van der Waals surface area contributed by atoms with E-state index in [-0.39, 0.29) is 65.1 Å². The molecule has 17 heteroatoms. The summed E-state index contributed by atoms with van der Waals surface area (Å²) < 4.78 is 42.9. The largest absolute Gasteiger partial charge is 0.507 e. The van der Waals surface area contributed by atoms with Crippen molar-refractivity contribution >= 4 is 23.2 Å². The molecular weight excluding hydrogens is 772 g/mol. The van der Waals surface area contributed by atoms with Crippen molar-refractivity contribution in [3.63, 3.8) is 0 Å². The number of phenols is 2. The van der Waals surface area contributed by atoms with Gasteiger partial charge in [-0.05, 0) is 65.4 Å². The molecule has 5 N–H and O–H groups in total. The third-order valence-electron chi connectivity index (χ3n) is 12.6. The number of fused-ring (bicyclic) bond motifs is 3. The minimum Gasteiger partial charge on any atom is -0.507 e. The number of methoxy groups -OCH3 is 1. The van der Waals surface area contributed by atoms with Gasteiger partial charge in [-0.3, -0.25) is 14.4 Å². The molecule has 17 nitrogen and oxygen atoms in total. The van der Waals surface area contributed by atoms with Crippen molar-refractivity contribution in [2.24, 2.45) is 5.16 Å². The predicted octanol–water partition coefficient (Wildman–Crippen LogP) is 3.42. The minimum atomic E-state index is -1.76. The Labute approximate surface area is 341 Å². The quantitative estimate of drug-likeness (QED) is 0.118. The SMILES string of the molecule is CCC1(O)CC(OC2CC(N(C)C)C(OC3CC(O)C(OC4CC/C(=N/O)C(C)O4)C(C)O3)C(C)O2)c2c(cc3c(c2O)C(=O)c2c(O)cccc2C3=O)C1C(=O)OC. The third kappa shape index (κ3) is 7.77. The molecule has 0 radical (unpaired) electrons. The molecule has 5 aliphatic rings. The van der Waals surface area contributed by atoms with E-state index in [1.165, 1.54) is 31.4 Å². The summed E-state index contributed by atoms with van der Waals surface area (Å²) in [5.41, 5.74) is -1.97. The smallest absolute Gasteiger partial charge is 0.316 e. The summed E-state index contributed by atoms with van der Waals surface area (Å²) in [4.78, 5) is 43.1. The Hall–Kier alpha value is -4.04. The maximum Gasteiger partial charge on any atom is 0.316 e. The van der Waals surface area contributed by atoms with Gasteiger partial charge in [0.25, 0.3) is 0 Å². The van der Waals surface area contributed by atoms with Crippen LogP contribution in [0.15, 0.2) is 29.4 Å². The second-order valence-corrected chi connectivity index (χ2v) is 16.4. The van der Waals surface area contributed by atoms with E-state index in [0.29, 0.717) is 18.6 Å². The summed E-state index contributed by atoms with van der Waals surface area (Å²) in [6.07, 6.45) is -6.20. The molecular formula is C42H54N2O15. The molecule has 2 aromatic rings. The third-order valence-corrected chi connectivity index (χ3v) is 12.6. The number of aliphatic hydroxyl groups is 2. The van der Waals surface area contributed by atoms with Crippen LogP contribution in [0.5, 0.6) is 11.5 Å². The predicted molar refractivity (Wildman–Crippen MR) is 205 cm³/mol. The van der Waals surface area contributed by atoms with Crippen LogP contribution in [0.4, 0.5) is 0 Å². The Kier molecular flexibility index (Phi) is 12.2. The lowest BCUT2D eigenvalue weighted by molar-refractivity contribution is -0.324. The molecule has 13 unspecified atom stereocenters. The van der Waals surface area contributed by atoms with Gasteiger partial charge in [-0.2, -0.15) is 0 Å². The van der Waals surface area contributed by atoms with E-state index in [0.717, 1.165) is 0 Å². The zero-order valence-electron chi connectivity index (χ0n) is 34.2. The first kappa shape index (κ1) is 43.1. The fourth-order valence-electron chi connectivity index (χ4n) is 9.41. The Bertz CT molecular complexity index is 1980. The zero-order valence-corrected chi connectivity index (χ0v) is 34.2. The molecule has 2 aliphatic carbocycles. The van der Waals surface area contributed by atoms with Gasteiger partial charge >= 0.3 is 5.97 Å². The molecule has 3 heterocycles. The van der Waals surface area contributed by atoms with Crippen molar-refractivity contribution in [3.8, 4) is 11.5 Å². The molecule has 322 valence electrons. The van der Waals surface area contributed by atoms with Crippen LogP contribution in [-0.4, -0.2) is 142 Å². The molecule has 13 atom stereocenters. The average Bonchev–Trinajstić information content (AvgIpc) is 3.18. The number of hydrogen-bond donors (Lipinski definition) is 5. The van der Waals surface area contributed by atoms with Crippen molar-refractivity contribution in [3.05, 3.63) is 57.6 Å². The highest BCUT2D eigenvalue weighted by Gasteiger charge is 2.53. The average molecular weight is 827 g/mol. The second-order valence-electron chi connectivity index (χ2n) is 16.4. The van der Waals surface area contributed by atoms with Crippen LogP contribution in [0.1, 0.15) is 121 Å². The van der Waals surface area contributed by atoms with Gasteiger partial charge in [0.05, 0.1) is 60.1 Å². The maximum absolute atomic E-state index is 13.9. The number of hydrogen-bond acceptors (Lipinski definition) is 17. The number of ketones is 2. The molecule has 0 saturated carbocycles. The van der Waals surface area contributed by atoms with Gasteiger partial charge in [-0.1, -0.05) is 24.2 Å². The van der Waals surface area contributed by atoms with Gasteiger partial charge in [-0.15, -0.1) is 0 Å². The Balaban J connectivity index is 1.12. The highest BCUT2D eigenvalue weighted by atomic mass is 16.7. The molecule has 0 amide bonds. The molecule has 3 fully saturated rings. The van der Waals surface area contributed by atoms with Crippen LogP contribution in [0, 0.1) is 0 Å². The lowest BCUT2D eigenvalue weighted by Crippen LogP contribution is -2.58. The van der Waals surface area contributed by atoms with Gasteiger partial charge in [0.2, 0.25) is 5.78 Å². The van der Waals surface area contributed by atoms with Crippen LogP contribution in [-0.2, 0) is 38.0 Å². The van der Waals surface area contributed by atoms with E-state index in [9.17, 15) is 40.0 Å². The molecule has 0 bridgehead atoms. The first-order valence-corrected chi connectivity index (χ1v) is 20.1. The molecule has 0 spiro atoms. The Morgan fingerprint density at radius 2 is 1.61 bits per heavy atom. The van der Waals surface area contributed by atoms with E-state index in [4.69, 9.17) is 33.2 Å². The van der Waals surface area contributed by atoms with Crippen LogP contribution in [0.25, 0.3) is 0 Å². The summed E-state index contributed by atoms with van der Waals surface area (Å²) >= 11 is 0. The van der Waals surface area contributed by atoms with Gasteiger partial charge < -0.3 is 63.7 Å². The summed E-state index contributed by atoms with van der Waals surface area (Å²) in [6.45, 7) is 7.05. The molecule has 59 heavy (non-hydrogen) atoms. The topological polar surface area (TPSA) is 233 Å². The van der Waals surface area contributed by atoms with Crippen molar-refractivity contribution in [1.82, 2.24) is 4.90 Å². The number of phenolic OH excluding ortho intramolecular Hbond substituents is 2. The Morgan fingerprint density at radius 1 is 0.932 bits per heavy atom. The first-order chi connectivity index (χ1) is 28.0. The van der Waals surface area contributed by atoms with E-state index >= 15 is 0 Å². The van der Waals surface area contributed by atoms with Gasteiger partial charge in [0.15, 0.2) is 24.7 Å². The lowest BCUT2D eigenvalue weighted by atomic mass is 9.67. The normalized spacial score (nSPS) is 36.5. The van der Waals surface area contributed by atoms with Gasteiger partial charge in [0, 0.05) is 48.4 Å². The summed E-state index contributed by atoms with van der Waals surface area (Å²) in [6, 6.07) is 5.11. The highest BCUT2D eigenvalue weighted by molar-refractivity contribution is 6.30. The van der Waals surface area contributed by atoms with Crippen molar-refractivity contribution in [2.75, 3.05) is 21.2 Å². The van der Waals surface area contributed by atoms with Crippen molar-refractivity contribution in [1.29, 1.82) is 0 Å². The summed E-state index contributed by atoms with van der Waals surface area (Å²) in [5, 5.41) is 58.4. The van der Waals surface area contributed by atoms with Crippen molar-refractivity contribution < 1.29 is 73.2 Å². The fourth-order valence-corrected chi connectivity index (χ4v) is 9.41. The van der Waals surface area contributed by atoms with Crippen molar-refractivity contribution in [2.45, 2.75) is 145 Å². The number of aliphatic hydroxyl groups excluding tert-OH is 1. The molecule has 0 aromatic heterocycles. The number of likely N-dealkylation sites (N-methyl/N-ethyl adjacent to an activating group) is 1. The van der Waals surface area contributed by atoms with E-state index in [1.54, 1.807) is 20.8 Å². The zero-order chi connectivity index (χ0) is 42.7. The number of rotatable bonds is 9. The fraction of sp³-hybridized carbons (Fsp3) is 0.619.